The molecule has 1 aromatic rings. The zero-order valence-electron chi connectivity index (χ0n) is 12.1. The van der Waals surface area contributed by atoms with E-state index in [0.29, 0.717) is 25.1 Å². The number of nitrogens with one attached hydrogen (secondary N) is 1. The van der Waals surface area contributed by atoms with Crippen LogP contribution >= 0.6 is 0 Å². The van der Waals surface area contributed by atoms with E-state index in [-0.39, 0.29) is 23.2 Å². The molecule has 2 bridgehead atoms. The molecule has 7 heteroatoms. The number of sulfonamides is 1. The first-order chi connectivity index (χ1) is 10.0. The van der Waals surface area contributed by atoms with E-state index >= 15 is 0 Å². The minimum atomic E-state index is -3.63. The van der Waals surface area contributed by atoms with Crippen LogP contribution in [0.1, 0.15) is 32.6 Å². The first-order valence-electron chi connectivity index (χ1n) is 7.44. The van der Waals surface area contributed by atoms with E-state index in [1.807, 2.05) is 6.92 Å². The first kappa shape index (κ1) is 14.7. The Morgan fingerprint density at radius 1 is 1.38 bits per heavy atom. The number of hydrogen-bond donors (Lipinski definition) is 2. The van der Waals surface area contributed by atoms with Crippen LogP contribution in [-0.4, -0.2) is 47.5 Å². The maximum atomic E-state index is 13.0. The van der Waals surface area contributed by atoms with Crippen LogP contribution in [0.5, 0.6) is 0 Å². The standard InChI is InChI=1S/C14H21N3O3S/c1-2-15-13-4-3-7-16-14(13)21(19,20)17-10-5-6-11(17)9-12(18)8-10/h3-4,7,10-12,15,18H,2,5-6,8-9H2,1H3. The maximum absolute atomic E-state index is 13.0. The summed E-state index contributed by atoms with van der Waals surface area (Å²) in [5.41, 5.74) is 0.547. The van der Waals surface area contributed by atoms with E-state index in [0.717, 1.165) is 12.8 Å². The number of aliphatic hydroxyl groups is 1. The topological polar surface area (TPSA) is 82.5 Å². The van der Waals surface area contributed by atoms with Gasteiger partial charge in [-0.1, -0.05) is 0 Å². The van der Waals surface area contributed by atoms with E-state index in [1.54, 1.807) is 16.4 Å². The Morgan fingerprint density at radius 3 is 2.67 bits per heavy atom. The van der Waals surface area contributed by atoms with Gasteiger partial charge in [-0.2, -0.15) is 4.31 Å². The molecule has 6 nitrogen and oxygen atoms in total. The van der Waals surface area contributed by atoms with E-state index in [1.165, 1.54) is 6.20 Å². The second-order valence-electron chi connectivity index (χ2n) is 5.73. The van der Waals surface area contributed by atoms with Gasteiger partial charge in [-0.15, -0.1) is 0 Å². The summed E-state index contributed by atoms with van der Waals surface area (Å²) in [4.78, 5) is 4.11. The molecule has 2 aliphatic rings. The average Bonchev–Trinajstić information content (AvgIpc) is 2.73. The molecule has 2 unspecified atom stereocenters. The molecule has 0 radical (unpaired) electrons. The minimum absolute atomic E-state index is 0.0970. The van der Waals surface area contributed by atoms with Gasteiger partial charge in [0, 0.05) is 24.8 Å². The smallest absolute Gasteiger partial charge is 0.263 e. The first-order valence-corrected chi connectivity index (χ1v) is 8.88. The molecule has 3 heterocycles. The van der Waals surface area contributed by atoms with Crippen LogP contribution in [0.4, 0.5) is 5.69 Å². The van der Waals surface area contributed by atoms with Crippen LogP contribution in [0.2, 0.25) is 0 Å². The molecule has 2 saturated heterocycles. The Bertz CT molecular complexity index is 606. The van der Waals surface area contributed by atoms with Crippen molar-refractivity contribution in [2.45, 2.75) is 55.8 Å². The number of rotatable bonds is 4. The monoisotopic (exact) mass is 311 g/mol. The number of pyridine rings is 1. The van der Waals surface area contributed by atoms with Crippen LogP contribution in [0.3, 0.4) is 0 Å². The van der Waals surface area contributed by atoms with E-state index in [9.17, 15) is 13.5 Å². The van der Waals surface area contributed by atoms with Crippen LogP contribution < -0.4 is 5.32 Å². The highest BCUT2D eigenvalue weighted by molar-refractivity contribution is 7.89. The maximum Gasteiger partial charge on any atom is 0.263 e. The van der Waals surface area contributed by atoms with Gasteiger partial charge in [0.05, 0.1) is 11.8 Å². The molecule has 0 aromatic carbocycles. The van der Waals surface area contributed by atoms with Gasteiger partial charge in [-0.25, -0.2) is 13.4 Å². The second kappa shape index (κ2) is 5.55. The number of piperidine rings is 1. The lowest BCUT2D eigenvalue weighted by Gasteiger charge is -2.35. The van der Waals surface area contributed by atoms with Crippen molar-refractivity contribution < 1.29 is 13.5 Å². The van der Waals surface area contributed by atoms with Crippen LogP contribution in [0.15, 0.2) is 23.4 Å². The molecular weight excluding hydrogens is 290 g/mol. The Kier molecular flexibility index (Phi) is 3.90. The van der Waals surface area contributed by atoms with Crippen molar-refractivity contribution in [1.82, 2.24) is 9.29 Å². The normalized spacial score (nSPS) is 29.5. The van der Waals surface area contributed by atoms with Crippen molar-refractivity contribution >= 4 is 15.7 Å². The van der Waals surface area contributed by atoms with E-state index < -0.39 is 10.0 Å². The number of anilines is 1. The van der Waals surface area contributed by atoms with Gasteiger partial charge in [-0.3, -0.25) is 0 Å². The molecule has 0 amide bonds. The lowest BCUT2D eigenvalue weighted by atomic mass is 10.0. The molecule has 116 valence electrons. The average molecular weight is 311 g/mol. The lowest BCUT2D eigenvalue weighted by Crippen LogP contribution is -2.48. The summed E-state index contributed by atoms with van der Waals surface area (Å²) in [6.45, 7) is 2.56. The fourth-order valence-corrected chi connectivity index (χ4v) is 5.50. The zero-order chi connectivity index (χ0) is 15.0. The summed E-state index contributed by atoms with van der Waals surface area (Å²) in [6, 6.07) is 3.27. The van der Waals surface area contributed by atoms with Gasteiger partial charge in [-0.05, 0) is 44.7 Å². The van der Waals surface area contributed by atoms with Gasteiger partial charge in [0.2, 0.25) is 0 Å². The molecule has 2 aliphatic heterocycles. The largest absolute Gasteiger partial charge is 0.393 e. The van der Waals surface area contributed by atoms with E-state index in [2.05, 4.69) is 10.3 Å². The molecule has 0 spiro atoms. The fraction of sp³-hybridized carbons (Fsp3) is 0.643. The fourth-order valence-electron chi connectivity index (χ4n) is 3.52. The highest BCUT2D eigenvalue weighted by atomic mass is 32.2. The SMILES string of the molecule is CCNc1cccnc1S(=O)(=O)N1C2CCC1CC(O)C2. The molecule has 2 fully saturated rings. The molecule has 2 N–H and O–H groups in total. The summed E-state index contributed by atoms with van der Waals surface area (Å²) in [5.74, 6) is 0. The molecule has 21 heavy (non-hydrogen) atoms. The summed E-state index contributed by atoms with van der Waals surface area (Å²) in [5, 5.41) is 13.0. The number of hydrogen-bond acceptors (Lipinski definition) is 5. The van der Waals surface area contributed by atoms with Crippen molar-refractivity contribution in [3.05, 3.63) is 18.3 Å². The third kappa shape index (κ3) is 2.54. The predicted octanol–water partition coefficient (Wildman–Crippen LogP) is 1.19. The number of nitrogens with zero attached hydrogens (tertiary/aromatic N) is 2. The number of fused-ring (bicyclic) bond motifs is 2. The van der Waals surface area contributed by atoms with Crippen LogP contribution in [0.25, 0.3) is 0 Å². The molecule has 0 saturated carbocycles. The Hall–Kier alpha value is -1.18. The Labute approximate surface area is 125 Å². The summed E-state index contributed by atoms with van der Waals surface area (Å²) < 4.78 is 27.6. The second-order valence-corrected chi connectivity index (χ2v) is 7.49. The van der Waals surface area contributed by atoms with Gasteiger partial charge < -0.3 is 10.4 Å². The third-order valence-electron chi connectivity index (χ3n) is 4.30. The van der Waals surface area contributed by atoms with Crippen molar-refractivity contribution in [2.75, 3.05) is 11.9 Å². The van der Waals surface area contributed by atoms with Gasteiger partial charge >= 0.3 is 0 Å². The molecular formula is C14H21N3O3S. The lowest BCUT2D eigenvalue weighted by molar-refractivity contribution is 0.0768. The molecule has 2 atom stereocenters. The highest BCUT2D eigenvalue weighted by Crippen LogP contribution is 2.40. The van der Waals surface area contributed by atoms with Crippen molar-refractivity contribution in [3.8, 4) is 0 Å². The van der Waals surface area contributed by atoms with Crippen LogP contribution in [-0.2, 0) is 10.0 Å². The van der Waals surface area contributed by atoms with Gasteiger partial charge in [0.15, 0.2) is 5.03 Å². The van der Waals surface area contributed by atoms with E-state index in [4.69, 9.17) is 0 Å². The number of aliphatic hydroxyl groups excluding tert-OH is 1. The summed E-state index contributed by atoms with van der Waals surface area (Å²) >= 11 is 0. The minimum Gasteiger partial charge on any atom is -0.393 e. The molecule has 1 aromatic heterocycles. The predicted molar refractivity (Wildman–Crippen MR) is 79.5 cm³/mol. The van der Waals surface area contributed by atoms with Crippen molar-refractivity contribution in [3.63, 3.8) is 0 Å². The summed E-state index contributed by atoms with van der Waals surface area (Å²) in [6.07, 6.45) is 3.83. The third-order valence-corrected chi connectivity index (χ3v) is 6.27. The molecule has 3 rings (SSSR count). The van der Waals surface area contributed by atoms with Crippen LogP contribution in [0, 0.1) is 0 Å². The highest BCUT2D eigenvalue weighted by Gasteiger charge is 2.47. The van der Waals surface area contributed by atoms with Gasteiger partial charge in [0.1, 0.15) is 0 Å². The van der Waals surface area contributed by atoms with Crippen molar-refractivity contribution in [1.29, 1.82) is 0 Å². The quantitative estimate of drug-likeness (QED) is 0.873. The zero-order valence-corrected chi connectivity index (χ0v) is 12.9. The van der Waals surface area contributed by atoms with Gasteiger partial charge in [0.25, 0.3) is 10.0 Å². The molecule has 0 aliphatic carbocycles. The number of aromatic nitrogens is 1. The summed E-state index contributed by atoms with van der Waals surface area (Å²) in [7, 11) is -3.63. The van der Waals surface area contributed by atoms with Crippen molar-refractivity contribution in [2.24, 2.45) is 0 Å². The Balaban J connectivity index is 1.98. The Morgan fingerprint density at radius 2 is 2.05 bits per heavy atom.